The SMILES string of the molecule is COC(=O)CO[C@H]1C[C@@H](N)[C@@H]2OC(C)(C)O[C@@H]21.O=C(O)C(=O)O. The third kappa shape index (κ3) is 5.43. The van der Waals surface area contributed by atoms with Gasteiger partial charge in [-0.25, -0.2) is 14.4 Å². The number of methoxy groups -OCH3 is 1. The molecule has 10 nitrogen and oxygen atoms in total. The fourth-order valence-electron chi connectivity index (χ4n) is 2.37. The van der Waals surface area contributed by atoms with Crippen molar-refractivity contribution in [1.82, 2.24) is 0 Å². The van der Waals surface area contributed by atoms with Gasteiger partial charge in [-0.05, 0) is 20.3 Å². The number of carboxylic acids is 2. The first-order chi connectivity index (χ1) is 10.6. The second-order valence-corrected chi connectivity index (χ2v) is 5.50. The Morgan fingerprint density at radius 3 is 2.17 bits per heavy atom. The summed E-state index contributed by atoms with van der Waals surface area (Å²) < 4.78 is 21.4. The minimum atomic E-state index is -1.82. The maximum atomic E-state index is 11.0. The first kappa shape index (κ1) is 19.3. The molecule has 2 aliphatic rings. The van der Waals surface area contributed by atoms with E-state index in [0.717, 1.165) is 0 Å². The van der Waals surface area contributed by atoms with Crippen molar-refractivity contribution in [2.45, 2.75) is 50.4 Å². The molecule has 4 N–H and O–H groups in total. The molecule has 23 heavy (non-hydrogen) atoms. The lowest BCUT2D eigenvalue weighted by Gasteiger charge is -2.22. The van der Waals surface area contributed by atoms with Gasteiger partial charge in [0, 0.05) is 6.04 Å². The van der Waals surface area contributed by atoms with Crippen molar-refractivity contribution in [3.63, 3.8) is 0 Å². The average molecular weight is 335 g/mol. The zero-order chi connectivity index (χ0) is 17.8. The summed E-state index contributed by atoms with van der Waals surface area (Å²) in [6.45, 7) is 3.60. The quantitative estimate of drug-likeness (QED) is 0.430. The number of ether oxygens (including phenoxy) is 4. The van der Waals surface area contributed by atoms with Crippen LogP contribution in [0.5, 0.6) is 0 Å². The monoisotopic (exact) mass is 335 g/mol. The maximum Gasteiger partial charge on any atom is 0.414 e. The number of carboxylic acid groups (broad SMARTS) is 2. The van der Waals surface area contributed by atoms with Crippen LogP contribution in [0.25, 0.3) is 0 Å². The highest BCUT2D eigenvalue weighted by Crippen LogP contribution is 2.38. The molecule has 0 spiro atoms. The molecular formula is C13H21NO9. The highest BCUT2D eigenvalue weighted by atomic mass is 16.8. The average Bonchev–Trinajstić information content (AvgIpc) is 2.91. The van der Waals surface area contributed by atoms with E-state index in [0.29, 0.717) is 6.42 Å². The standard InChI is InChI=1S/C11H19NO5.C2H2O4/c1-11(2)16-9-6(12)4-7(10(9)17-11)15-5-8(13)14-3;3-1(4)2(5)6/h6-7,9-10H,4-5,12H2,1-3H3;(H,3,4)(H,5,6)/t6-,7+,9+,10-;/m1./s1. The van der Waals surface area contributed by atoms with E-state index >= 15 is 0 Å². The van der Waals surface area contributed by atoms with Crippen LogP contribution in [0.15, 0.2) is 0 Å². The van der Waals surface area contributed by atoms with Gasteiger partial charge in [0.2, 0.25) is 0 Å². The third-order valence-corrected chi connectivity index (χ3v) is 3.28. The summed E-state index contributed by atoms with van der Waals surface area (Å²) in [5, 5.41) is 14.8. The van der Waals surface area contributed by atoms with E-state index in [4.69, 9.17) is 39.7 Å². The number of carbonyl (C=O) groups excluding carboxylic acids is 1. The summed E-state index contributed by atoms with van der Waals surface area (Å²) in [6.07, 6.45) is 0.0516. The Hall–Kier alpha value is -1.75. The lowest BCUT2D eigenvalue weighted by atomic mass is 10.2. The van der Waals surface area contributed by atoms with Crippen LogP contribution in [0.4, 0.5) is 0 Å². The number of fused-ring (bicyclic) bond motifs is 1. The molecular weight excluding hydrogens is 314 g/mol. The van der Waals surface area contributed by atoms with Crippen LogP contribution in [-0.2, 0) is 33.3 Å². The molecule has 0 aromatic rings. The highest BCUT2D eigenvalue weighted by molar-refractivity contribution is 6.27. The largest absolute Gasteiger partial charge is 0.473 e. The van der Waals surface area contributed by atoms with Gasteiger partial charge in [0.25, 0.3) is 0 Å². The molecule has 1 aliphatic heterocycles. The van der Waals surface area contributed by atoms with Gasteiger partial charge < -0.3 is 34.9 Å². The molecule has 0 radical (unpaired) electrons. The van der Waals surface area contributed by atoms with Gasteiger partial charge in [0.1, 0.15) is 18.8 Å². The van der Waals surface area contributed by atoms with Crippen LogP contribution >= 0.6 is 0 Å². The molecule has 0 aromatic carbocycles. The van der Waals surface area contributed by atoms with Crippen molar-refractivity contribution >= 4 is 17.9 Å². The summed E-state index contributed by atoms with van der Waals surface area (Å²) in [6, 6.07) is -0.121. The zero-order valence-electron chi connectivity index (χ0n) is 13.1. The van der Waals surface area contributed by atoms with Gasteiger partial charge in [-0.1, -0.05) is 0 Å². The molecule has 1 saturated carbocycles. The predicted octanol–water partition coefficient (Wildman–Crippen LogP) is -1.05. The molecule has 132 valence electrons. The van der Waals surface area contributed by atoms with Gasteiger partial charge in [-0.3, -0.25) is 0 Å². The second kappa shape index (κ2) is 7.68. The van der Waals surface area contributed by atoms with Crippen LogP contribution in [0.1, 0.15) is 20.3 Å². The van der Waals surface area contributed by atoms with Crippen molar-refractivity contribution in [3.8, 4) is 0 Å². The first-order valence-corrected chi connectivity index (χ1v) is 6.83. The van der Waals surface area contributed by atoms with Crippen LogP contribution < -0.4 is 5.73 Å². The van der Waals surface area contributed by atoms with Crippen LogP contribution in [-0.4, -0.2) is 72.0 Å². The molecule has 0 amide bonds. The van der Waals surface area contributed by atoms with Crippen molar-refractivity contribution in [1.29, 1.82) is 0 Å². The zero-order valence-corrected chi connectivity index (χ0v) is 13.1. The predicted molar refractivity (Wildman–Crippen MR) is 73.4 cm³/mol. The maximum absolute atomic E-state index is 11.0. The van der Waals surface area contributed by atoms with E-state index in [1.54, 1.807) is 0 Å². The minimum Gasteiger partial charge on any atom is -0.473 e. The molecule has 2 rings (SSSR count). The Kier molecular flexibility index (Phi) is 6.45. The number of nitrogens with two attached hydrogens (primary N) is 1. The fourth-order valence-corrected chi connectivity index (χ4v) is 2.37. The van der Waals surface area contributed by atoms with E-state index < -0.39 is 23.7 Å². The van der Waals surface area contributed by atoms with Crippen LogP contribution in [0, 0.1) is 0 Å². The van der Waals surface area contributed by atoms with Crippen molar-refractivity contribution < 1.29 is 43.5 Å². The lowest BCUT2D eigenvalue weighted by Crippen LogP contribution is -2.35. The molecule has 2 fully saturated rings. The second-order valence-electron chi connectivity index (χ2n) is 5.50. The molecule has 0 unspecified atom stereocenters. The fraction of sp³-hybridized carbons (Fsp3) is 0.769. The van der Waals surface area contributed by atoms with Gasteiger partial charge >= 0.3 is 17.9 Å². The number of aliphatic carboxylic acids is 2. The van der Waals surface area contributed by atoms with Crippen LogP contribution in [0.3, 0.4) is 0 Å². The van der Waals surface area contributed by atoms with Gasteiger partial charge in [0.05, 0.1) is 13.2 Å². The van der Waals surface area contributed by atoms with E-state index in [1.807, 2.05) is 13.8 Å². The Morgan fingerprint density at radius 2 is 1.70 bits per heavy atom. The smallest absolute Gasteiger partial charge is 0.414 e. The number of rotatable bonds is 3. The van der Waals surface area contributed by atoms with Crippen molar-refractivity contribution in [3.05, 3.63) is 0 Å². The molecule has 1 heterocycles. The number of hydrogen-bond donors (Lipinski definition) is 3. The minimum absolute atomic E-state index is 0.0824. The van der Waals surface area contributed by atoms with Gasteiger partial charge in [-0.2, -0.15) is 0 Å². The van der Waals surface area contributed by atoms with E-state index in [9.17, 15) is 4.79 Å². The Morgan fingerprint density at radius 1 is 1.17 bits per heavy atom. The molecule has 10 heteroatoms. The highest BCUT2D eigenvalue weighted by Gasteiger charge is 2.53. The number of esters is 1. The Balaban J connectivity index is 0.000000379. The normalized spacial score (nSPS) is 30.8. The molecule has 1 aliphatic carbocycles. The Bertz CT molecular complexity index is 452. The summed E-state index contributed by atoms with van der Waals surface area (Å²) >= 11 is 0. The summed E-state index contributed by atoms with van der Waals surface area (Å²) in [4.78, 5) is 29.2. The number of hydrogen-bond acceptors (Lipinski definition) is 8. The topological polar surface area (TPSA) is 155 Å². The summed E-state index contributed by atoms with van der Waals surface area (Å²) in [5.41, 5.74) is 5.97. The van der Waals surface area contributed by atoms with E-state index in [1.165, 1.54) is 7.11 Å². The number of carbonyl (C=O) groups is 3. The molecule has 1 saturated heterocycles. The van der Waals surface area contributed by atoms with Gasteiger partial charge in [0.15, 0.2) is 5.79 Å². The Labute approximate surface area is 132 Å². The van der Waals surface area contributed by atoms with Crippen LogP contribution in [0.2, 0.25) is 0 Å². The van der Waals surface area contributed by atoms with E-state index in [-0.39, 0.29) is 31.0 Å². The van der Waals surface area contributed by atoms with Crippen molar-refractivity contribution in [2.75, 3.05) is 13.7 Å². The molecule has 4 atom stereocenters. The first-order valence-electron chi connectivity index (χ1n) is 6.83. The van der Waals surface area contributed by atoms with Crippen molar-refractivity contribution in [2.24, 2.45) is 5.73 Å². The summed E-state index contributed by atoms with van der Waals surface area (Å²) in [5.74, 6) is -4.69. The van der Waals surface area contributed by atoms with E-state index in [2.05, 4.69) is 4.74 Å². The lowest BCUT2D eigenvalue weighted by molar-refractivity contribution is -0.171. The summed E-state index contributed by atoms with van der Waals surface area (Å²) in [7, 11) is 1.33. The van der Waals surface area contributed by atoms with Gasteiger partial charge in [-0.15, -0.1) is 0 Å². The molecule has 0 bridgehead atoms. The third-order valence-electron chi connectivity index (χ3n) is 3.28. The molecule has 0 aromatic heterocycles.